The number of unbranched alkanes of at least 4 members (excludes halogenated alkanes) is 3. The molecule has 0 bridgehead atoms. The van der Waals surface area contributed by atoms with Gasteiger partial charge in [-0.3, -0.25) is 4.79 Å². The van der Waals surface area contributed by atoms with Gasteiger partial charge in [-0.25, -0.2) is 4.79 Å². The molecule has 2 N–H and O–H groups in total. The van der Waals surface area contributed by atoms with Gasteiger partial charge in [0.1, 0.15) is 23.3 Å². The van der Waals surface area contributed by atoms with E-state index < -0.39 is 23.3 Å². The summed E-state index contributed by atoms with van der Waals surface area (Å²) in [6.45, 7) is 2.23. The van der Waals surface area contributed by atoms with E-state index in [4.69, 9.17) is 14.3 Å². The van der Waals surface area contributed by atoms with Crippen molar-refractivity contribution in [2.45, 2.75) is 38.7 Å². The number of aliphatic hydroxyl groups excluding tert-OH is 1. The van der Waals surface area contributed by atoms with Gasteiger partial charge in [-0.2, -0.15) is 11.8 Å². The Balaban J connectivity index is 1.94. The molecule has 1 atom stereocenters. The van der Waals surface area contributed by atoms with Gasteiger partial charge in [0.05, 0.1) is 6.10 Å². The van der Waals surface area contributed by atoms with Crippen molar-refractivity contribution >= 4 is 28.7 Å². The number of rotatable bonds is 11. The molecule has 0 radical (unpaired) electrons. The van der Waals surface area contributed by atoms with E-state index in [-0.39, 0.29) is 23.3 Å². The minimum absolute atomic E-state index is 0.0567. The molecule has 6 nitrogen and oxygen atoms in total. The largest absolute Gasteiger partial charge is 0.490 e. The van der Waals surface area contributed by atoms with Crippen LogP contribution in [0.2, 0.25) is 0 Å². The number of benzene rings is 1. The fraction of sp³-hybridized carbons (Fsp3) is 0.474. The molecule has 1 aromatic carbocycles. The van der Waals surface area contributed by atoms with Gasteiger partial charge in [-0.05, 0) is 24.3 Å². The third-order valence-corrected chi connectivity index (χ3v) is 5.01. The molecule has 1 aromatic heterocycles. The van der Waals surface area contributed by atoms with E-state index in [1.807, 2.05) is 0 Å². The SMILES string of the molecule is CCCCCCSCC(O)COc1cccc2oc(C(=O)O)cc(=O)c12. The van der Waals surface area contributed by atoms with Crippen molar-refractivity contribution in [3.63, 3.8) is 0 Å². The second kappa shape index (κ2) is 10.2. The van der Waals surface area contributed by atoms with Crippen LogP contribution in [0.3, 0.4) is 0 Å². The third kappa shape index (κ3) is 5.78. The lowest BCUT2D eigenvalue weighted by Crippen LogP contribution is -2.21. The summed E-state index contributed by atoms with van der Waals surface area (Å²) in [5.74, 6) is 0.127. The van der Waals surface area contributed by atoms with Crippen molar-refractivity contribution < 1.29 is 24.2 Å². The molecule has 1 unspecified atom stereocenters. The first-order chi connectivity index (χ1) is 12.5. The van der Waals surface area contributed by atoms with E-state index in [1.165, 1.54) is 25.3 Å². The van der Waals surface area contributed by atoms with Crippen molar-refractivity contribution in [3.05, 3.63) is 40.2 Å². The smallest absolute Gasteiger partial charge is 0.371 e. The van der Waals surface area contributed by atoms with Crippen LogP contribution in [0.25, 0.3) is 11.0 Å². The van der Waals surface area contributed by atoms with Crippen molar-refractivity contribution in [1.29, 1.82) is 0 Å². The van der Waals surface area contributed by atoms with Gasteiger partial charge in [0.25, 0.3) is 0 Å². The van der Waals surface area contributed by atoms with Crippen LogP contribution in [0.15, 0.2) is 33.5 Å². The molecule has 0 aliphatic carbocycles. The molecule has 0 fully saturated rings. The maximum absolute atomic E-state index is 12.2. The second-order valence-electron chi connectivity index (χ2n) is 6.01. The van der Waals surface area contributed by atoms with Crippen molar-refractivity contribution in [2.24, 2.45) is 0 Å². The molecule has 26 heavy (non-hydrogen) atoms. The second-order valence-corrected chi connectivity index (χ2v) is 7.16. The van der Waals surface area contributed by atoms with E-state index in [2.05, 4.69) is 6.92 Å². The number of carboxylic acids is 1. The number of aromatic carboxylic acids is 1. The fourth-order valence-corrected chi connectivity index (χ4v) is 3.43. The topological polar surface area (TPSA) is 97.0 Å². The Morgan fingerprint density at radius 1 is 1.31 bits per heavy atom. The van der Waals surface area contributed by atoms with Crippen molar-refractivity contribution in [1.82, 2.24) is 0 Å². The fourth-order valence-electron chi connectivity index (χ4n) is 2.49. The Hall–Kier alpha value is -1.99. The van der Waals surface area contributed by atoms with Gasteiger partial charge in [0.15, 0.2) is 5.43 Å². The zero-order chi connectivity index (χ0) is 18.9. The molecule has 0 saturated heterocycles. The van der Waals surface area contributed by atoms with Gasteiger partial charge in [-0.1, -0.05) is 32.3 Å². The molecule has 142 valence electrons. The molecule has 0 amide bonds. The van der Waals surface area contributed by atoms with E-state index in [0.717, 1.165) is 18.2 Å². The highest BCUT2D eigenvalue weighted by atomic mass is 32.2. The van der Waals surface area contributed by atoms with Crippen LogP contribution in [0.5, 0.6) is 5.75 Å². The minimum atomic E-state index is -1.30. The van der Waals surface area contributed by atoms with E-state index in [9.17, 15) is 14.7 Å². The predicted molar refractivity (Wildman–Crippen MR) is 102 cm³/mol. The number of ether oxygens (including phenoxy) is 1. The summed E-state index contributed by atoms with van der Waals surface area (Å²) in [5, 5.41) is 19.2. The maximum atomic E-state index is 12.2. The molecule has 2 aromatic rings. The molecule has 1 heterocycles. The lowest BCUT2D eigenvalue weighted by atomic mass is 10.2. The minimum Gasteiger partial charge on any atom is -0.490 e. The number of hydrogen-bond donors (Lipinski definition) is 2. The van der Waals surface area contributed by atoms with E-state index >= 15 is 0 Å². The molecule has 0 saturated carbocycles. The molecule has 2 rings (SSSR count). The first-order valence-electron chi connectivity index (χ1n) is 8.71. The lowest BCUT2D eigenvalue weighted by molar-refractivity contribution is 0.0663. The predicted octanol–water partition coefficient (Wildman–Crippen LogP) is 3.54. The zero-order valence-electron chi connectivity index (χ0n) is 14.8. The Morgan fingerprint density at radius 3 is 2.85 bits per heavy atom. The van der Waals surface area contributed by atoms with Crippen LogP contribution < -0.4 is 10.2 Å². The van der Waals surface area contributed by atoms with Crippen LogP contribution in [-0.2, 0) is 0 Å². The van der Waals surface area contributed by atoms with Crippen LogP contribution >= 0.6 is 11.8 Å². The average molecular weight is 380 g/mol. The van der Waals surface area contributed by atoms with Crippen LogP contribution in [-0.4, -0.2) is 40.4 Å². The van der Waals surface area contributed by atoms with Crippen LogP contribution in [0.4, 0.5) is 0 Å². The Bertz CT molecular complexity index is 785. The molecular weight excluding hydrogens is 356 g/mol. The number of thioether (sulfide) groups is 1. The number of carbonyl (C=O) groups is 1. The molecule has 7 heteroatoms. The molecule has 0 aliphatic heterocycles. The van der Waals surface area contributed by atoms with Crippen molar-refractivity contribution in [2.75, 3.05) is 18.1 Å². The number of hydrogen-bond acceptors (Lipinski definition) is 6. The Morgan fingerprint density at radius 2 is 2.12 bits per heavy atom. The van der Waals surface area contributed by atoms with Crippen LogP contribution in [0.1, 0.15) is 43.2 Å². The van der Waals surface area contributed by atoms with Gasteiger partial charge in [-0.15, -0.1) is 0 Å². The molecule has 0 spiro atoms. The summed E-state index contributed by atoms with van der Waals surface area (Å²) in [6.07, 6.45) is 4.14. The summed E-state index contributed by atoms with van der Waals surface area (Å²) in [4.78, 5) is 23.2. The Kier molecular flexibility index (Phi) is 8.00. The van der Waals surface area contributed by atoms with E-state index in [1.54, 1.807) is 23.9 Å². The molecular formula is C19H24O6S. The number of fused-ring (bicyclic) bond motifs is 1. The quantitative estimate of drug-likeness (QED) is 0.575. The zero-order valence-corrected chi connectivity index (χ0v) is 15.6. The summed E-state index contributed by atoms with van der Waals surface area (Å²) in [7, 11) is 0. The van der Waals surface area contributed by atoms with Crippen molar-refractivity contribution in [3.8, 4) is 5.75 Å². The van der Waals surface area contributed by atoms with Gasteiger partial charge in [0.2, 0.25) is 5.76 Å². The highest BCUT2D eigenvalue weighted by molar-refractivity contribution is 7.99. The monoisotopic (exact) mass is 380 g/mol. The lowest BCUT2D eigenvalue weighted by Gasteiger charge is -2.13. The summed E-state index contributed by atoms with van der Waals surface area (Å²) >= 11 is 1.68. The highest BCUT2D eigenvalue weighted by Crippen LogP contribution is 2.23. The maximum Gasteiger partial charge on any atom is 0.371 e. The van der Waals surface area contributed by atoms with Gasteiger partial charge < -0.3 is 19.4 Å². The number of carboxylic acid groups (broad SMARTS) is 1. The first kappa shape index (κ1) is 20.3. The first-order valence-corrected chi connectivity index (χ1v) is 9.87. The van der Waals surface area contributed by atoms with Crippen LogP contribution in [0, 0.1) is 0 Å². The summed E-state index contributed by atoms with van der Waals surface area (Å²) in [5.41, 5.74) is -0.341. The summed E-state index contributed by atoms with van der Waals surface area (Å²) < 4.78 is 10.8. The van der Waals surface area contributed by atoms with Gasteiger partial charge >= 0.3 is 5.97 Å². The number of aliphatic hydroxyl groups is 1. The third-order valence-electron chi connectivity index (χ3n) is 3.81. The summed E-state index contributed by atoms with van der Waals surface area (Å²) in [6, 6.07) is 5.66. The highest BCUT2D eigenvalue weighted by Gasteiger charge is 2.15. The van der Waals surface area contributed by atoms with E-state index in [0.29, 0.717) is 5.75 Å². The van der Waals surface area contributed by atoms with Gasteiger partial charge in [0, 0.05) is 11.8 Å². The Labute approximate surface area is 156 Å². The standard InChI is InChI=1S/C19H24O6S/c1-2-3-4-5-9-26-12-13(20)11-24-15-7-6-8-16-18(15)14(21)10-17(25-16)19(22)23/h6-8,10,13,20H,2-5,9,11-12H2,1H3,(H,22,23). The molecule has 0 aliphatic rings. The average Bonchev–Trinajstić information content (AvgIpc) is 2.62. The normalized spacial score (nSPS) is 12.2.